The van der Waals surface area contributed by atoms with E-state index in [2.05, 4.69) is 20.5 Å². The number of halogens is 2. The van der Waals surface area contributed by atoms with Gasteiger partial charge in [-0.05, 0) is 24.5 Å². The number of carbonyl (C=O) groups excluding carboxylic acids is 1. The van der Waals surface area contributed by atoms with Crippen LogP contribution in [-0.4, -0.2) is 26.8 Å². The molecule has 2 aromatic rings. The number of nitrogens with zero attached hydrogens (tertiary/aromatic N) is 2. The van der Waals surface area contributed by atoms with Gasteiger partial charge in [-0.2, -0.15) is 0 Å². The second kappa shape index (κ2) is 8.42. The first-order chi connectivity index (χ1) is 12.1. The van der Waals surface area contributed by atoms with E-state index in [1.165, 1.54) is 43.5 Å². The van der Waals surface area contributed by atoms with Crippen LogP contribution in [0.15, 0.2) is 23.4 Å². The molecular formula is C17H20F2N4OS. The molecule has 0 unspecified atom stereocenters. The van der Waals surface area contributed by atoms with Crippen LogP contribution in [0.2, 0.25) is 0 Å². The lowest BCUT2D eigenvalue weighted by molar-refractivity contribution is -0.113. The zero-order valence-corrected chi connectivity index (χ0v) is 14.5. The average Bonchev–Trinajstić information content (AvgIpc) is 3.26. The summed E-state index contributed by atoms with van der Waals surface area (Å²) in [5.74, 6) is -0.532. The van der Waals surface area contributed by atoms with E-state index in [0.717, 1.165) is 36.7 Å². The fraction of sp³-hybridized carbons (Fsp3) is 0.471. The van der Waals surface area contributed by atoms with Crippen LogP contribution in [-0.2, 0) is 11.2 Å². The number of carbonyl (C=O) groups is 1. The fourth-order valence-corrected chi connectivity index (χ4v) is 3.61. The summed E-state index contributed by atoms with van der Waals surface area (Å²) in [7, 11) is 0. The van der Waals surface area contributed by atoms with Crippen LogP contribution in [0, 0.1) is 17.6 Å². The highest BCUT2D eigenvalue weighted by molar-refractivity contribution is 7.99. The van der Waals surface area contributed by atoms with Gasteiger partial charge in [-0.25, -0.2) is 13.8 Å². The summed E-state index contributed by atoms with van der Waals surface area (Å²) in [4.78, 5) is 16.3. The molecule has 0 aliphatic heterocycles. The number of nitrogens with one attached hydrogen (secondary N) is 2. The molecule has 1 heterocycles. The summed E-state index contributed by atoms with van der Waals surface area (Å²) in [5, 5.41) is 10.0. The molecule has 1 amide bonds. The number of hydrogen-bond donors (Lipinski definition) is 2. The minimum Gasteiger partial charge on any atom is -0.325 e. The third-order valence-corrected chi connectivity index (χ3v) is 5.16. The molecule has 2 N–H and O–H groups in total. The first-order valence-corrected chi connectivity index (χ1v) is 9.37. The summed E-state index contributed by atoms with van der Waals surface area (Å²) in [5.41, 5.74) is 0.219. The largest absolute Gasteiger partial charge is 0.325 e. The number of thioether (sulfide) groups is 1. The van der Waals surface area contributed by atoms with Crippen molar-refractivity contribution < 1.29 is 13.6 Å². The number of benzene rings is 1. The normalized spacial score (nSPS) is 14.8. The fourth-order valence-electron chi connectivity index (χ4n) is 3.00. The Bertz CT molecular complexity index is 731. The van der Waals surface area contributed by atoms with Crippen molar-refractivity contribution in [2.24, 2.45) is 5.92 Å². The van der Waals surface area contributed by atoms with Crippen molar-refractivity contribution in [2.45, 2.75) is 43.7 Å². The topological polar surface area (TPSA) is 70.7 Å². The predicted octanol–water partition coefficient (Wildman–Crippen LogP) is 3.94. The van der Waals surface area contributed by atoms with Crippen LogP contribution in [0.25, 0.3) is 0 Å². The Morgan fingerprint density at radius 3 is 2.84 bits per heavy atom. The van der Waals surface area contributed by atoms with Gasteiger partial charge in [0.05, 0.1) is 5.75 Å². The lowest BCUT2D eigenvalue weighted by Crippen LogP contribution is -2.14. The highest BCUT2D eigenvalue weighted by atomic mass is 32.2. The summed E-state index contributed by atoms with van der Waals surface area (Å²) in [6.45, 7) is 0. The molecule has 0 saturated heterocycles. The van der Waals surface area contributed by atoms with E-state index in [4.69, 9.17) is 0 Å². The molecule has 0 radical (unpaired) electrons. The Labute approximate surface area is 149 Å². The molecule has 1 saturated carbocycles. The Morgan fingerprint density at radius 1 is 1.28 bits per heavy atom. The molecule has 1 aromatic heterocycles. The van der Waals surface area contributed by atoms with E-state index < -0.39 is 11.6 Å². The molecule has 5 nitrogen and oxygen atoms in total. The van der Waals surface area contributed by atoms with Gasteiger partial charge in [0.25, 0.3) is 0 Å². The van der Waals surface area contributed by atoms with E-state index in [1.807, 2.05) is 0 Å². The van der Waals surface area contributed by atoms with Crippen LogP contribution in [0.4, 0.5) is 14.5 Å². The highest BCUT2D eigenvalue weighted by Gasteiger charge is 2.16. The Kier molecular flexibility index (Phi) is 6.01. The van der Waals surface area contributed by atoms with Crippen LogP contribution in [0.1, 0.15) is 37.9 Å². The SMILES string of the molecule is O=C(CSc1n[nH]c(CCC2CCCC2)n1)Nc1ccc(F)c(F)c1. The Balaban J connectivity index is 1.43. The Morgan fingerprint density at radius 2 is 2.08 bits per heavy atom. The monoisotopic (exact) mass is 366 g/mol. The van der Waals surface area contributed by atoms with Gasteiger partial charge in [0.2, 0.25) is 11.1 Å². The second-order valence-electron chi connectivity index (χ2n) is 6.22. The molecule has 0 atom stereocenters. The van der Waals surface area contributed by atoms with Crippen molar-refractivity contribution in [3.63, 3.8) is 0 Å². The molecule has 25 heavy (non-hydrogen) atoms. The number of aromatic nitrogens is 3. The number of aryl methyl sites for hydroxylation is 1. The number of rotatable bonds is 7. The number of hydrogen-bond acceptors (Lipinski definition) is 4. The maximum Gasteiger partial charge on any atom is 0.234 e. The molecule has 134 valence electrons. The Hall–Kier alpha value is -1.96. The van der Waals surface area contributed by atoms with E-state index in [9.17, 15) is 13.6 Å². The van der Waals surface area contributed by atoms with Gasteiger partial charge in [-0.1, -0.05) is 37.4 Å². The highest BCUT2D eigenvalue weighted by Crippen LogP contribution is 2.28. The van der Waals surface area contributed by atoms with Crippen molar-refractivity contribution in [2.75, 3.05) is 11.1 Å². The number of amides is 1. The van der Waals surface area contributed by atoms with Gasteiger partial charge in [-0.3, -0.25) is 9.89 Å². The van der Waals surface area contributed by atoms with Crippen LogP contribution in [0.3, 0.4) is 0 Å². The first kappa shape index (κ1) is 17.8. The van der Waals surface area contributed by atoms with Crippen molar-refractivity contribution in [3.8, 4) is 0 Å². The zero-order valence-electron chi connectivity index (χ0n) is 13.7. The number of anilines is 1. The second-order valence-corrected chi connectivity index (χ2v) is 7.16. The minimum atomic E-state index is -0.994. The molecule has 1 aliphatic rings. The summed E-state index contributed by atoms with van der Waals surface area (Å²) >= 11 is 1.20. The standard InChI is InChI=1S/C17H20F2N4OS/c18-13-7-6-12(9-14(13)19)20-16(24)10-25-17-21-15(22-23-17)8-5-11-3-1-2-4-11/h6-7,9,11H,1-5,8,10H2,(H,20,24)(H,21,22,23). The maximum atomic E-state index is 13.1. The third kappa shape index (κ3) is 5.26. The van der Waals surface area contributed by atoms with Gasteiger partial charge >= 0.3 is 0 Å². The molecule has 1 fully saturated rings. The van der Waals surface area contributed by atoms with E-state index in [1.54, 1.807) is 0 Å². The minimum absolute atomic E-state index is 0.0961. The van der Waals surface area contributed by atoms with Crippen LogP contribution < -0.4 is 5.32 Å². The van der Waals surface area contributed by atoms with Gasteiger partial charge in [0, 0.05) is 18.2 Å². The molecule has 0 bridgehead atoms. The molecule has 3 rings (SSSR count). The van der Waals surface area contributed by atoms with Crippen LogP contribution >= 0.6 is 11.8 Å². The molecular weight excluding hydrogens is 346 g/mol. The summed E-state index contributed by atoms with van der Waals surface area (Å²) < 4.78 is 26.0. The molecule has 0 spiro atoms. The number of H-pyrrole nitrogens is 1. The van der Waals surface area contributed by atoms with Gasteiger partial charge in [0.15, 0.2) is 11.6 Å². The predicted molar refractivity (Wildman–Crippen MR) is 92.4 cm³/mol. The maximum absolute atomic E-state index is 13.1. The van der Waals surface area contributed by atoms with Gasteiger partial charge in [0.1, 0.15) is 5.82 Å². The van der Waals surface area contributed by atoms with E-state index in [-0.39, 0.29) is 17.3 Å². The summed E-state index contributed by atoms with van der Waals surface area (Å²) in [6.07, 6.45) is 7.26. The van der Waals surface area contributed by atoms with Crippen molar-refractivity contribution in [1.29, 1.82) is 0 Å². The van der Waals surface area contributed by atoms with Crippen molar-refractivity contribution in [3.05, 3.63) is 35.7 Å². The van der Waals surface area contributed by atoms with E-state index in [0.29, 0.717) is 5.16 Å². The molecule has 1 aliphatic carbocycles. The smallest absolute Gasteiger partial charge is 0.234 e. The molecule has 1 aromatic carbocycles. The lowest BCUT2D eigenvalue weighted by Gasteiger charge is -2.05. The third-order valence-electron chi connectivity index (χ3n) is 4.31. The van der Waals surface area contributed by atoms with Crippen molar-refractivity contribution in [1.82, 2.24) is 15.2 Å². The van der Waals surface area contributed by atoms with Crippen LogP contribution in [0.5, 0.6) is 0 Å². The first-order valence-electron chi connectivity index (χ1n) is 8.39. The zero-order chi connectivity index (χ0) is 17.6. The number of aromatic amines is 1. The quantitative estimate of drug-likeness (QED) is 0.728. The average molecular weight is 366 g/mol. The van der Waals surface area contributed by atoms with Gasteiger partial charge < -0.3 is 5.32 Å². The van der Waals surface area contributed by atoms with Crippen molar-refractivity contribution >= 4 is 23.4 Å². The van der Waals surface area contributed by atoms with Gasteiger partial charge in [-0.15, -0.1) is 5.10 Å². The molecule has 8 heteroatoms. The van der Waals surface area contributed by atoms with E-state index >= 15 is 0 Å². The lowest BCUT2D eigenvalue weighted by atomic mass is 10.0. The summed E-state index contributed by atoms with van der Waals surface area (Å²) in [6, 6.07) is 3.24.